The van der Waals surface area contributed by atoms with Crippen molar-refractivity contribution in [3.63, 3.8) is 0 Å². The summed E-state index contributed by atoms with van der Waals surface area (Å²) in [6, 6.07) is 18.8. The molecule has 0 fully saturated rings. The third kappa shape index (κ3) is 3.19. The maximum Gasteiger partial charge on any atom is 0.334 e. The number of hydrogen-bond acceptors (Lipinski definition) is 4. The van der Waals surface area contributed by atoms with Gasteiger partial charge in [0.2, 0.25) is 11.8 Å². The first-order valence-corrected chi connectivity index (χ1v) is 9.30. The van der Waals surface area contributed by atoms with Gasteiger partial charge < -0.3 is 0 Å². The van der Waals surface area contributed by atoms with Crippen LogP contribution in [0.15, 0.2) is 60.7 Å². The van der Waals surface area contributed by atoms with Crippen LogP contribution in [0.4, 0.5) is 5.69 Å². The van der Waals surface area contributed by atoms with Crippen molar-refractivity contribution in [2.75, 3.05) is 0 Å². The average Bonchev–Trinajstić information content (AvgIpc) is 3.01. The van der Waals surface area contributed by atoms with E-state index in [9.17, 15) is 9.59 Å². The van der Waals surface area contributed by atoms with Crippen molar-refractivity contribution in [1.29, 1.82) is 0 Å². The third-order valence-corrected chi connectivity index (χ3v) is 5.15. The first kappa shape index (κ1) is 18.4. The molecule has 2 unspecified atom stereocenters. The molecule has 0 saturated heterocycles. The lowest BCUT2D eigenvalue weighted by Crippen LogP contribution is -2.39. The fourth-order valence-electron chi connectivity index (χ4n) is 3.44. The van der Waals surface area contributed by atoms with Gasteiger partial charge >= 0.3 is 5.84 Å². The van der Waals surface area contributed by atoms with Crippen molar-refractivity contribution in [1.82, 2.24) is 4.31 Å². The number of hydrogen-bond donors (Lipinski definition) is 1. The van der Waals surface area contributed by atoms with Gasteiger partial charge in [0.25, 0.3) is 0 Å². The number of carbonyl (C=O) groups is 2. The van der Waals surface area contributed by atoms with Crippen LogP contribution in [0, 0.1) is 0 Å². The smallest absolute Gasteiger partial charge is 0.295 e. The summed E-state index contributed by atoms with van der Waals surface area (Å²) in [5.41, 5.74) is 1.87. The maximum absolute atomic E-state index is 12.8. The van der Waals surface area contributed by atoms with Gasteiger partial charge in [0.15, 0.2) is 11.8 Å². The van der Waals surface area contributed by atoms with E-state index in [1.54, 1.807) is 4.31 Å². The Hall–Kier alpha value is -2.40. The van der Waals surface area contributed by atoms with E-state index in [0.29, 0.717) is 18.7 Å². The molecule has 4 nitrogen and oxygen atoms in total. The average molecular weight is 367 g/mol. The molecular formula is C21H23N2O2S+. The fraction of sp³-hybridized carbons (Fsp3) is 0.286. The van der Waals surface area contributed by atoms with Gasteiger partial charge in [-0.25, -0.2) is 4.58 Å². The second kappa shape index (κ2) is 7.87. The Balaban J connectivity index is 2.27. The molecule has 26 heavy (non-hydrogen) atoms. The number of Topliss-reactive ketones (excluding diaryl/α,β-unsaturated/α-hetero) is 2. The van der Waals surface area contributed by atoms with E-state index < -0.39 is 6.04 Å². The lowest BCUT2D eigenvalue weighted by molar-refractivity contribution is -0.481. The van der Waals surface area contributed by atoms with Crippen molar-refractivity contribution >= 4 is 35.9 Å². The summed E-state index contributed by atoms with van der Waals surface area (Å²) in [6.07, 6.45) is 0.742. The van der Waals surface area contributed by atoms with Crippen LogP contribution in [0.1, 0.15) is 38.3 Å². The summed E-state index contributed by atoms with van der Waals surface area (Å²) in [5.74, 6) is 0.493. The standard InChI is InChI=1S/C21H23N2O2S/c1-3-17(24)20-19(15-11-7-5-8-12-15)22(16-13-9-6-10-14-16)21(23(20)26)18(25)4-2/h5-14,19-20,26H,3-4H2,1-2H3/q+1. The molecule has 134 valence electrons. The van der Waals surface area contributed by atoms with E-state index in [4.69, 9.17) is 0 Å². The molecule has 0 spiro atoms. The van der Waals surface area contributed by atoms with Gasteiger partial charge in [-0.3, -0.25) is 9.59 Å². The molecule has 2 atom stereocenters. The number of nitrogens with zero attached hydrogens (tertiary/aromatic N) is 2. The van der Waals surface area contributed by atoms with Crippen LogP contribution in [-0.2, 0) is 9.59 Å². The number of benzene rings is 2. The van der Waals surface area contributed by atoms with Gasteiger partial charge in [0.1, 0.15) is 5.69 Å². The van der Waals surface area contributed by atoms with Gasteiger partial charge in [0.05, 0.1) is 0 Å². The molecule has 0 amide bonds. The van der Waals surface area contributed by atoms with Gasteiger partial charge in [-0.05, 0) is 12.1 Å². The largest absolute Gasteiger partial charge is 0.334 e. The van der Waals surface area contributed by atoms with Gasteiger partial charge in [-0.15, -0.1) is 0 Å². The SMILES string of the molecule is CCC(=O)C1=[N+](c2ccccc2)C(c2ccccc2)C(C(=O)CC)N1S. The van der Waals surface area contributed by atoms with E-state index in [-0.39, 0.29) is 17.6 Å². The van der Waals surface area contributed by atoms with Gasteiger partial charge in [-0.2, -0.15) is 4.31 Å². The molecule has 0 saturated carbocycles. The number of carbonyl (C=O) groups excluding carboxylic acids is 2. The highest BCUT2D eigenvalue weighted by molar-refractivity contribution is 7.78. The number of para-hydroxylation sites is 1. The Kier molecular flexibility index (Phi) is 5.57. The fourth-order valence-corrected chi connectivity index (χ4v) is 3.91. The summed E-state index contributed by atoms with van der Waals surface area (Å²) in [7, 11) is 0. The molecule has 1 heterocycles. The minimum absolute atomic E-state index is 0.0313. The monoisotopic (exact) mass is 367 g/mol. The van der Waals surface area contributed by atoms with Crippen LogP contribution in [-0.4, -0.2) is 32.3 Å². The van der Waals surface area contributed by atoms with Crippen LogP contribution >= 0.6 is 12.8 Å². The Morgan fingerprint density at radius 1 is 0.962 bits per heavy atom. The van der Waals surface area contributed by atoms with Crippen LogP contribution in [0.5, 0.6) is 0 Å². The van der Waals surface area contributed by atoms with Gasteiger partial charge in [-0.1, -0.05) is 62.4 Å². The Morgan fingerprint density at radius 3 is 2.08 bits per heavy atom. The summed E-state index contributed by atoms with van der Waals surface area (Å²) >= 11 is 4.60. The number of amidine groups is 1. The minimum Gasteiger partial charge on any atom is -0.295 e. The molecular weight excluding hydrogens is 344 g/mol. The van der Waals surface area contributed by atoms with E-state index in [2.05, 4.69) is 12.8 Å². The van der Waals surface area contributed by atoms with Crippen LogP contribution in [0.2, 0.25) is 0 Å². The predicted octanol–water partition coefficient (Wildman–Crippen LogP) is 3.96. The Morgan fingerprint density at radius 2 is 1.54 bits per heavy atom. The zero-order chi connectivity index (χ0) is 18.7. The second-order valence-electron chi connectivity index (χ2n) is 6.27. The highest BCUT2D eigenvalue weighted by Gasteiger charge is 2.53. The van der Waals surface area contributed by atoms with Crippen molar-refractivity contribution in [2.45, 2.75) is 38.8 Å². The number of rotatable bonds is 6. The predicted molar refractivity (Wildman–Crippen MR) is 106 cm³/mol. The van der Waals surface area contributed by atoms with E-state index in [1.165, 1.54) is 0 Å². The zero-order valence-electron chi connectivity index (χ0n) is 15.0. The zero-order valence-corrected chi connectivity index (χ0v) is 15.9. The summed E-state index contributed by atoms with van der Waals surface area (Å²) < 4.78 is 3.54. The first-order valence-electron chi connectivity index (χ1n) is 8.90. The molecule has 1 aliphatic rings. The number of thiol groups is 1. The van der Waals surface area contributed by atoms with Crippen LogP contribution in [0.25, 0.3) is 0 Å². The van der Waals surface area contributed by atoms with Crippen molar-refractivity contribution in [3.05, 3.63) is 66.2 Å². The molecule has 0 N–H and O–H groups in total. The van der Waals surface area contributed by atoms with E-state index in [0.717, 1.165) is 11.3 Å². The lowest BCUT2D eigenvalue weighted by atomic mass is 9.95. The Bertz CT molecular complexity index is 834. The quantitative estimate of drug-likeness (QED) is 0.621. The van der Waals surface area contributed by atoms with Crippen molar-refractivity contribution in [2.24, 2.45) is 0 Å². The molecule has 0 radical (unpaired) electrons. The second-order valence-corrected chi connectivity index (χ2v) is 6.70. The first-order chi connectivity index (χ1) is 12.6. The van der Waals surface area contributed by atoms with Crippen LogP contribution < -0.4 is 0 Å². The molecule has 0 aromatic heterocycles. The molecule has 2 aromatic rings. The molecule has 0 aliphatic carbocycles. The lowest BCUT2D eigenvalue weighted by Gasteiger charge is -2.19. The van der Waals surface area contributed by atoms with E-state index in [1.807, 2.05) is 79.1 Å². The molecule has 3 rings (SSSR count). The minimum atomic E-state index is -0.517. The van der Waals surface area contributed by atoms with Crippen molar-refractivity contribution in [3.8, 4) is 0 Å². The summed E-state index contributed by atoms with van der Waals surface area (Å²) in [4.78, 5) is 25.6. The molecule has 5 heteroatoms. The van der Waals surface area contributed by atoms with E-state index >= 15 is 0 Å². The maximum atomic E-state index is 12.8. The highest BCUT2D eigenvalue weighted by Crippen LogP contribution is 2.38. The highest BCUT2D eigenvalue weighted by atomic mass is 32.1. The molecule has 1 aliphatic heterocycles. The summed E-state index contributed by atoms with van der Waals surface area (Å²) in [6.45, 7) is 3.67. The molecule has 0 bridgehead atoms. The van der Waals surface area contributed by atoms with Crippen molar-refractivity contribution < 1.29 is 14.2 Å². The third-order valence-electron chi connectivity index (χ3n) is 4.71. The topological polar surface area (TPSA) is 40.4 Å². The normalized spacial score (nSPS) is 19.7. The Labute approximate surface area is 159 Å². The van der Waals surface area contributed by atoms with Gasteiger partial charge in [0, 0.05) is 31.2 Å². The summed E-state index contributed by atoms with van der Waals surface area (Å²) in [5, 5.41) is 0. The number of ketones is 2. The van der Waals surface area contributed by atoms with Crippen LogP contribution in [0.3, 0.4) is 0 Å². The molecule has 2 aromatic carbocycles.